The van der Waals surface area contributed by atoms with Crippen molar-refractivity contribution in [3.8, 4) is 0 Å². The predicted molar refractivity (Wildman–Crippen MR) is 97.6 cm³/mol. The number of nitrogens with zero attached hydrogens (tertiary/aromatic N) is 5. The Hall–Kier alpha value is -2.63. The number of aromatic nitrogens is 2. The molecular weight excluding hydrogens is 312 g/mol. The van der Waals surface area contributed by atoms with Crippen LogP contribution in [0.15, 0.2) is 47.7 Å². The summed E-state index contributed by atoms with van der Waals surface area (Å²) in [7, 11) is 0. The van der Waals surface area contributed by atoms with Gasteiger partial charge >= 0.3 is 0 Å². The molecule has 1 aromatic heterocycles. The van der Waals surface area contributed by atoms with E-state index in [1.165, 1.54) is 11.1 Å². The molecule has 1 saturated carbocycles. The second-order valence-electron chi connectivity index (χ2n) is 7.09. The molecule has 3 unspecified atom stereocenters. The Bertz CT molecular complexity index is 797. The monoisotopic (exact) mass is 334 g/mol. The molecule has 3 atom stereocenters. The van der Waals surface area contributed by atoms with E-state index in [2.05, 4.69) is 44.0 Å². The van der Waals surface area contributed by atoms with Crippen molar-refractivity contribution < 1.29 is 0 Å². The molecule has 1 aliphatic heterocycles. The Kier molecular flexibility index (Phi) is 3.36. The first kappa shape index (κ1) is 14.7. The number of rotatable bonds is 2. The summed E-state index contributed by atoms with van der Waals surface area (Å²) in [6.45, 7) is 3.49. The number of fused-ring (bicyclic) bond motifs is 3. The lowest BCUT2D eigenvalue weighted by molar-refractivity contribution is 0.377. The average molecular weight is 334 g/mol. The predicted octanol–water partition coefficient (Wildman–Crippen LogP) is 1.25. The molecule has 0 bridgehead atoms. The van der Waals surface area contributed by atoms with Crippen molar-refractivity contribution in [2.45, 2.75) is 18.4 Å². The number of hydrogen-bond acceptors (Lipinski definition) is 4. The van der Waals surface area contributed by atoms with Crippen LogP contribution >= 0.6 is 0 Å². The summed E-state index contributed by atoms with van der Waals surface area (Å²) < 4.78 is 0. The number of aliphatic imine (C=N–C) groups is 1. The normalized spacial score (nSPS) is 27.8. The Balaban J connectivity index is 1.22. The minimum Gasteiger partial charge on any atom is -0.370 e. The van der Waals surface area contributed by atoms with Gasteiger partial charge < -0.3 is 15.5 Å². The van der Waals surface area contributed by atoms with Crippen LogP contribution in [0, 0.1) is 5.92 Å². The highest BCUT2D eigenvalue weighted by Crippen LogP contribution is 2.58. The zero-order valence-electron chi connectivity index (χ0n) is 14.1. The fourth-order valence-corrected chi connectivity index (χ4v) is 4.32. The van der Waals surface area contributed by atoms with E-state index in [-0.39, 0.29) is 0 Å². The van der Waals surface area contributed by atoms with Crippen molar-refractivity contribution in [1.82, 2.24) is 14.9 Å². The largest absolute Gasteiger partial charge is 0.370 e. The zero-order valence-corrected chi connectivity index (χ0v) is 14.1. The first-order valence-corrected chi connectivity index (χ1v) is 8.99. The van der Waals surface area contributed by atoms with Gasteiger partial charge in [0.25, 0.3) is 0 Å². The smallest absolute Gasteiger partial charge is 0.225 e. The molecule has 128 valence electrons. The minimum atomic E-state index is 0.380. The highest BCUT2D eigenvalue weighted by Gasteiger charge is 2.56. The van der Waals surface area contributed by atoms with Gasteiger partial charge in [-0.15, -0.1) is 0 Å². The number of guanidine groups is 1. The van der Waals surface area contributed by atoms with Crippen LogP contribution in [-0.4, -0.2) is 53.0 Å². The van der Waals surface area contributed by atoms with Crippen molar-refractivity contribution in [1.29, 1.82) is 0 Å². The zero-order chi connectivity index (χ0) is 16.8. The lowest BCUT2D eigenvalue weighted by Crippen LogP contribution is -2.51. The van der Waals surface area contributed by atoms with Crippen LogP contribution in [0.3, 0.4) is 0 Å². The third kappa shape index (κ3) is 2.52. The average Bonchev–Trinajstić information content (AvgIpc) is 3.18. The van der Waals surface area contributed by atoms with Gasteiger partial charge in [0.2, 0.25) is 5.95 Å². The van der Waals surface area contributed by atoms with Gasteiger partial charge in [-0.3, -0.25) is 0 Å². The topological polar surface area (TPSA) is 70.6 Å². The molecule has 3 aliphatic rings. The van der Waals surface area contributed by atoms with Crippen LogP contribution in [0.4, 0.5) is 5.95 Å². The molecule has 2 N–H and O–H groups in total. The summed E-state index contributed by atoms with van der Waals surface area (Å²) in [6, 6.07) is 11.0. The molecule has 0 radical (unpaired) electrons. The molecule has 2 aliphatic carbocycles. The molecule has 5 rings (SSSR count). The Morgan fingerprint density at radius 1 is 1.04 bits per heavy atom. The maximum absolute atomic E-state index is 6.32. The van der Waals surface area contributed by atoms with E-state index < -0.39 is 0 Å². The molecule has 2 aromatic rings. The van der Waals surface area contributed by atoms with E-state index in [9.17, 15) is 0 Å². The van der Waals surface area contributed by atoms with Gasteiger partial charge in [-0.25, -0.2) is 15.0 Å². The van der Waals surface area contributed by atoms with Gasteiger partial charge in [0.1, 0.15) is 0 Å². The maximum Gasteiger partial charge on any atom is 0.225 e. The Labute approximate surface area is 147 Å². The second kappa shape index (κ2) is 5.72. The summed E-state index contributed by atoms with van der Waals surface area (Å²) in [4.78, 5) is 17.9. The van der Waals surface area contributed by atoms with E-state index in [1.54, 1.807) is 12.4 Å². The maximum atomic E-state index is 6.32. The molecule has 1 saturated heterocycles. The number of benzene rings is 1. The fourth-order valence-electron chi connectivity index (χ4n) is 4.32. The van der Waals surface area contributed by atoms with E-state index in [4.69, 9.17) is 10.7 Å². The Morgan fingerprint density at radius 3 is 2.60 bits per heavy atom. The van der Waals surface area contributed by atoms with Gasteiger partial charge in [0, 0.05) is 44.5 Å². The second-order valence-corrected chi connectivity index (χ2v) is 7.09. The van der Waals surface area contributed by atoms with E-state index in [0.29, 0.717) is 23.8 Å². The molecule has 2 heterocycles. The van der Waals surface area contributed by atoms with E-state index >= 15 is 0 Å². The number of anilines is 1. The number of hydrogen-bond donors (Lipinski definition) is 1. The van der Waals surface area contributed by atoms with Crippen molar-refractivity contribution in [3.05, 3.63) is 53.9 Å². The standard InChI is InChI=1S/C19H22N6/c20-18(23-17-15-12-13-4-1-2-5-14(13)16(15)17)24-8-10-25(11-9-24)19-21-6-3-7-22-19/h1-7,15-17H,8-12H2,(H2,20,23). The van der Waals surface area contributed by atoms with Crippen LogP contribution in [-0.2, 0) is 6.42 Å². The number of piperazine rings is 1. The van der Waals surface area contributed by atoms with Crippen LogP contribution in [0.2, 0.25) is 0 Å². The van der Waals surface area contributed by atoms with E-state index in [0.717, 1.165) is 38.5 Å². The van der Waals surface area contributed by atoms with E-state index in [1.807, 2.05) is 6.07 Å². The summed E-state index contributed by atoms with van der Waals surface area (Å²) in [5.41, 5.74) is 9.31. The minimum absolute atomic E-state index is 0.380. The van der Waals surface area contributed by atoms with Crippen molar-refractivity contribution in [2.24, 2.45) is 16.6 Å². The summed E-state index contributed by atoms with van der Waals surface area (Å²) in [6.07, 6.45) is 4.73. The highest BCUT2D eigenvalue weighted by atomic mass is 15.4. The van der Waals surface area contributed by atoms with Gasteiger partial charge in [-0.2, -0.15) is 0 Å². The first-order chi connectivity index (χ1) is 12.3. The quantitative estimate of drug-likeness (QED) is 0.661. The van der Waals surface area contributed by atoms with Gasteiger partial charge in [-0.05, 0) is 29.5 Å². The highest BCUT2D eigenvalue weighted by molar-refractivity contribution is 5.79. The van der Waals surface area contributed by atoms with Crippen molar-refractivity contribution in [3.63, 3.8) is 0 Å². The fraction of sp³-hybridized carbons (Fsp3) is 0.421. The molecule has 2 fully saturated rings. The summed E-state index contributed by atoms with van der Waals surface area (Å²) in [5, 5.41) is 0. The van der Waals surface area contributed by atoms with Crippen molar-refractivity contribution in [2.75, 3.05) is 31.1 Å². The molecule has 6 heteroatoms. The lowest BCUT2D eigenvalue weighted by atomic mass is 10.1. The number of nitrogens with two attached hydrogens (primary N) is 1. The van der Waals surface area contributed by atoms with Gasteiger partial charge in [0.05, 0.1) is 6.04 Å². The lowest BCUT2D eigenvalue weighted by Gasteiger charge is -2.35. The van der Waals surface area contributed by atoms with Crippen LogP contribution in [0.1, 0.15) is 17.0 Å². The van der Waals surface area contributed by atoms with Crippen LogP contribution < -0.4 is 10.6 Å². The molecule has 6 nitrogen and oxygen atoms in total. The first-order valence-electron chi connectivity index (χ1n) is 8.99. The van der Waals surface area contributed by atoms with Gasteiger partial charge in [0.15, 0.2) is 5.96 Å². The van der Waals surface area contributed by atoms with Gasteiger partial charge in [-0.1, -0.05) is 24.3 Å². The third-order valence-corrected chi connectivity index (χ3v) is 5.72. The molecule has 25 heavy (non-hydrogen) atoms. The summed E-state index contributed by atoms with van der Waals surface area (Å²) in [5.74, 6) is 2.75. The molecular formula is C19H22N6. The SMILES string of the molecule is NC(=NC1C2Cc3ccccc3C21)N1CCN(c2ncccn2)CC1. The Morgan fingerprint density at radius 2 is 1.80 bits per heavy atom. The molecule has 1 aromatic carbocycles. The molecule has 0 amide bonds. The van der Waals surface area contributed by atoms with Crippen LogP contribution in [0.5, 0.6) is 0 Å². The van der Waals surface area contributed by atoms with Crippen LogP contribution in [0.25, 0.3) is 0 Å². The third-order valence-electron chi connectivity index (χ3n) is 5.72. The summed E-state index contributed by atoms with van der Waals surface area (Å²) >= 11 is 0. The van der Waals surface area contributed by atoms with Crippen molar-refractivity contribution >= 4 is 11.9 Å². The molecule has 0 spiro atoms.